The van der Waals surface area contributed by atoms with Crippen LogP contribution in [0.2, 0.25) is 0 Å². The second-order valence-corrected chi connectivity index (χ2v) is 5.69. The smallest absolute Gasteiger partial charge is 0.409 e. The lowest BCUT2D eigenvalue weighted by Crippen LogP contribution is -2.53. The molecule has 0 aromatic heterocycles. The second kappa shape index (κ2) is 6.92. The molecule has 2 N–H and O–H groups in total. The molecule has 2 rings (SSSR count). The highest BCUT2D eigenvalue weighted by Crippen LogP contribution is 2.24. The summed E-state index contributed by atoms with van der Waals surface area (Å²) in [5.74, 6) is 0.131. The third-order valence-electron chi connectivity index (χ3n) is 4.41. The maximum Gasteiger partial charge on any atom is 0.409 e. The fourth-order valence-corrected chi connectivity index (χ4v) is 3.12. The quantitative estimate of drug-likeness (QED) is 0.722. The van der Waals surface area contributed by atoms with Gasteiger partial charge in [0.25, 0.3) is 0 Å². The van der Waals surface area contributed by atoms with Gasteiger partial charge in [0, 0.05) is 32.2 Å². The SMILES string of the molecule is COC(=O)N1CCN(C(=O)C2CCCCCC2N)CC1. The van der Waals surface area contributed by atoms with E-state index in [9.17, 15) is 9.59 Å². The summed E-state index contributed by atoms with van der Waals surface area (Å²) in [6, 6.07) is -0.0105. The van der Waals surface area contributed by atoms with E-state index in [0.29, 0.717) is 26.2 Å². The first kappa shape index (κ1) is 15.1. The van der Waals surface area contributed by atoms with Crippen LogP contribution in [0.3, 0.4) is 0 Å². The molecular weight excluding hydrogens is 258 g/mol. The van der Waals surface area contributed by atoms with Gasteiger partial charge in [-0.3, -0.25) is 4.79 Å². The van der Waals surface area contributed by atoms with Gasteiger partial charge in [-0.15, -0.1) is 0 Å². The number of amides is 2. The molecule has 6 heteroatoms. The van der Waals surface area contributed by atoms with Crippen molar-refractivity contribution < 1.29 is 14.3 Å². The molecule has 0 aromatic rings. The van der Waals surface area contributed by atoms with Crippen molar-refractivity contribution in [3.63, 3.8) is 0 Å². The van der Waals surface area contributed by atoms with Crippen molar-refractivity contribution >= 4 is 12.0 Å². The van der Waals surface area contributed by atoms with Crippen LogP contribution in [0, 0.1) is 5.92 Å². The van der Waals surface area contributed by atoms with Crippen molar-refractivity contribution in [2.75, 3.05) is 33.3 Å². The Balaban J connectivity index is 1.89. The summed E-state index contributed by atoms with van der Waals surface area (Å²) in [6.07, 6.45) is 4.92. The molecule has 20 heavy (non-hydrogen) atoms. The highest BCUT2D eigenvalue weighted by Gasteiger charge is 2.32. The molecule has 2 fully saturated rings. The number of methoxy groups -OCH3 is 1. The molecular formula is C14H25N3O3. The predicted octanol–water partition coefficient (Wildman–Crippen LogP) is 0.805. The Labute approximate surface area is 120 Å². The third kappa shape index (κ3) is 3.42. The second-order valence-electron chi connectivity index (χ2n) is 5.69. The highest BCUT2D eigenvalue weighted by molar-refractivity contribution is 5.80. The van der Waals surface area contributed by atoms with Gasteiger partial charge in [-0.1, -0.05) is 19.3 Å². The number of rotatable bonds is 1. The number of carbonyl (C=O) groups is 2. The van der Waals surface area contributed by atoms with Gasteiger partial charge in [0.2, 0.25) is 5.91 Å². The zero-order valence-electron chi connectivity index (χ0n) is 12.2. The van der Waals surface area contributed by atoms with E-state index in [-0.39, 0.29) is 24.0 Å². The number of hydrogen-bond donors (Lipinski definition) is 1. The van der Waals surface area contributed by atoms with E-state index in [1.165, 1.54) is 13.5 Å². The van der Waals surface area contributed by atoms with Crippen LogP contribution in [0.1, 0.15) is 32.1 Å². The zero-order valence-corrected chi connectivity index (χ0v) is 12.2. The molecule has 2 aliphatic rings. The first-order valence-corrected chi connectivity index (χ1v) is 7.50. The first-order valence-electron chi connectivity index (χ1n) is 7.50. The fourth-order valence-electron chi connectivity index (χ4n) is 3.12. The van der Waals surface area contributed by atoms with Crippen molar-refractivity contribution in [3.05, 3.63) is 0 Å². The molecule has 2 atom stereocenters. The molecule has 0 bridgehead atoms. The van der Waals surface area contributed by atoms with Gasteiger partial charge in [0.05, 0.1) is 13.0 Å². The van der Waals surface area contributed by atoms with Crippen molar-refractivity contribution in [2.24, 2.45) is 11.7 Å². The Morgan fingerprint density at radius 1 is 1.00 bits per heavy atom. The van der Waals surface area contributed by atoms with Crippen LogP contribution >= 0.6 is 0 Å². The van der Waals surface area contributed by atoms with Crippen LogP contribution in [0.4, 0.5) is 4.79 Å². The summed E-state index contributed by atoms with van der Waals surface area (Å²) >= 11 is 0. The molecule has 6 nitrogen and oxygen atoms in total. The number of piperazine rings is 1. The normalized spacial score (nSPS) is 27.9. The van der Waals surface area contributed by atoms with Gasteiger partial charge < -0.3 is 20.3 Å². The maximum absolute atomic E-state index is 12.6. The van der Waals surface area contributed by atoms with Gasteiger partial charge >= 0.3 is 6.09 Å². The minimum atomic E-state index is -0.316. The molecule has 1 heterocycles. The van der Waals surface area contributed by atoms with E-state index in [4.69, 9.17) is 10.5 Å². The summed E-state index contributed by atoms with van der Waals surface area (Å²) in [5.41, 5.74) is 6.15. The van der Waals surface area contributed by atoms with Crippen LogP contribution in [0.5, 0.6) is 0 Å². The molecule has 0 aromatic carbocycles. The molecule has 1 saturated carbocycles. The zero-order chi connectivity index (χ0) is 14.5. The van der Waals surface area contributed by atoms with E-state index in [0.717, 1.165) is 25.7 Å². The summed E-state index contributed by atoms with van der Waals surface area (Å²) in [7, 11) is 1.38. The summed E-state index contributed by atoms with van der Waals surface area (Å²) < 4.78 is 4.70. The molecule has 2 amide bonds. The molecule has 1 saturated heterocycles. The molecule has 0 spiro atoms. The fraction of sp³-hybridized carbons (Fsp3) is 0.857. The minimum Gasteiger partial charge on any atom is -0.453 e. The predicted molar refractivity (Wildman–Crippen MR) is 75.1 cm³/mol. The first-order chi connectivity index (χ1) is 9.63. The van der Waals surface area contributed by atoms with E-state index in [1.807, 2.05) is 4.90 Å². The number of nitrogens with two attached hydrogens (primary N) is 1. The number of carbonyl (C=O) groups excluding carboxylic acids is 2. The minimum absolute atomic E-state index is 0.0105. The third-order valence-corrected chi connectivity index (χ3v) is 4.41. The summed E-state index contributed by atoms with van der Waals surface area (Å²) in [4.78, 5) is 27.5. The van der Waals surface area contributed by atoms with Gasteiger partial charge in [-0.05, 0) is 12.8 Å². The van der Waals surface area contributed by atoms with E-state index in [2.05, 4.69) is 0 Å². The standard InChI is InChI=1S/C14H25N3O3/c1-20-14(19)17-9-7-16(8-10-17)13(18)11-5-3-2-4-6-12(11)15/h11-12H,2-10,15H2,1H3. The Kier molecular flexibility index (Phi) is 5.23. The van der Waals surface area contributed by atoms with Crippen LogP contribution < -0.4 is 5.73 Å². The van der Waals surface area contributed by atoms with Crippen molar-refractivity contribution in [1.82, 2.24) is 9.80 Å². The average Bonchev–Trinajstić information content (AvgIpc) is 2.70. The number of nitrogens with zero attached hydrogens (tertiary/aromatic N) is 2. The average molecular weight is 283 g/mol. The van der Waals surface area contributed by atoms with Crippen molar-refractivity contribution in [2.45, 2.75) is 38.1 Å². The Bertz CT molecular complexity index is 354. The topological polar surface area (TPSA) is 75.9 Å². The van der Waals surface area contributed by atoms with E-state index >= 15 is 0 Å². The van der Waals surface area contributed by atoms with Crippen molar-refractivity contribution in [1.29, 1.82) is 0 Å². The van der Waals surface area contributed by atoms with Crippen LogP contribution in [0.25, 0.3) is 0 Å². The lowest BCUT2D eigenvalue weighted by atomic mass is 9.93. The van der Waals surface area contributed by atoms with Gasteiger partial charge in [0.15, 0.2) is 0 Å². The van der Waals surface area contributed by atoms with E-state index < -0.39 is 0 Å². The molecule has 2 unspecified atom stereocenters. The largest absolute Gasteiger partial charge is 0.453 e. The van der Waals surface area contributed by atoms with Crippen LogP contribution in [-0.2, 0) is 9.53 Å². The molecule has 114 valence electrons. The summed E-state index contributed by atoms with van der Waals surface area (Å²) in [6.45, 7) is 2.25. The molecule has 1 aliphatic carbocycles. The van der Waals surface area contributed by atoms with Gasteiger partial charge in [-0.2, -0.15) is 0 Å². The summed E-state index contributed by atoms with van der Waals surface area (Å²) in [5, 5.41) is 0. The number of ether oxygens (including phenoxy) is 1. The molecule has 0 radical (unpaired) electrons. The van der Waals surface area contributed by atoms with Crippen LogP contribution in [-0.4, -0.2) is 61.1 Å². The van der Waals surface area contributed by atoms with Gasteiger partial charge in [0.1, 0.15) is 0 Å². The van der Waals surface area contributed by atoms with Gasteiger partial charge in [-0.25, -0.2) is 4.79 Å². The van der Waals surface area contributed by atoms with Crippen LogP contribution in [0.15, 0.2) is 0 Å². The monoisotopic (exact) mass is 283 g/mol. The highest BCUT2D eigenvalue weighted by atomic mass is 16.5. The van der Waals surface area contributed by atoms with Crippen molar-refractivity contribution in [3.8, 4) is 0 Å². The Hall–Kier alpha value is -1.30. The lowest BCUT2D eigenvalue weighted by Gasteiger charge is -2.36. The Morgan fingerprint density at radius 2 is 1.60 bits per heavy atom. The Morgan fingerprint density at radius 3 is 2.25 bits per heavy atom. The molecule has 1 aliphatic heterocycles. The van der Waals surface area contributed by atoms with E-state index in [1.54, 1.807) is 4.90 Å². The number of hydrogen-bond acceptors (Lipinski definition) is 4. The lowest BCUT2D eigenvalue weighted by molar-refractivity contribution is -0.138. The maximum atomic E-state index is 12.6.